The lowest BCUT2D eigenvalue weighted by molar-refractivity contribution is -0.149. The first kappa shape index (κ1) is 15.5. The van der Waals surface area contributed by atoms with Crippen molar-refractivity contribution in [2.75, 3.05) is 6.61 Å². The van der Waals surface area contributed by atoms with Crippen molar-refractivity contribution in [2.24, 2.45) is 11.8 Å². The number of hydrogen-bond donors (Lipinski definition) is 1. The molecule has 1 rings (SSSR count). The average molecular weight is 255 g/mol. The summed E-state index contributed by atoms with van der Waals surface area (Å²) >= 11 is 0. The van der Waals surface area contributed by atoms with Crippen molar-refractivity contribution in [2.45, 2.75) is 71.9 Å². The molecule has 0 aromatic carbocycles. The molecule has 0 bridgehead atoms. The van der Waals surface area contributed by atoms with E-state index in [0.717, 1.165) is 19.3 Å². The molecule has 4 unspecified atom stereocenters. The predicted molar refractivity (Wildman–Crippen MR) is 74.4 cm³/mol. The van der Waals surface area contributed by atoms with E-state index in [2.05, 4.69) is 26.1 Å². The quantitative estimate of drug-likeness (QED) is 0.741. The Hall–Kier alpha value is -0.570. The highest BCUT2D eigenvalue weighted by molar-refractivity contribution is 5.72. The van der Waals surface area contributed by atoms with Gasteiger partial charge in [-0.15, -0.1) is 0 Å². The summed E-state index contributed by atoms with van der Waals surface area (Å²) in [6, 6.07) is 1.01. The van der Waals surface area contributed by atoms with Gasteiger partial charge in [0.1, 0.15) is 0 Å². The maximum absolute atomic E-state index is 11.8. The fourth-order valence-corrected chi connectivity index (χ4v) is 2.70. The average Bonchev–Trinajstić information content (AvgIpc) is 2.38. The zero-order valence-electron chi connectivity index (χ0n) is 12.4. The summed E-state index contributed by atoms with van der Waals surface area (Å²) in [5.74, 6) is 0.800. The summed E-state index contributed by atoms with van der Waals surface area (Å²) in [5, 5.41) is 3.69. The molecule has 0 saturated heterocycles. The lowest BCUT2D eigenvalue weighted by atomic mass is 9.85. The van der Waals surface area contributed by atoms with Gasteiger partial charge in [0.05, 0.1) is 12.5 Å². The third-order valence-corrected chi connectivity index (χ3v) is 4.29. The number of rotatable bonds is 6. The lowest BCUT2D eigenvalue weighted by Crippen LogP contribution is -2.43. The number of carbonyl (C=O) groups excluding carboxylic acids is 1. The molecule has 0 amide bonds. The van der Waals surface area contributed by atoms with Crippen molar-refractivity contribution < 1.29 is 9.53 Å². The Morgan fingerprint density at radius 3 is 2.67 bits per heavy atom. The van der Waals surface area contributed by atoms with E-state index in [1.54, 1.807) is 0 Å². The van der Waals surface area contributed by atoms with Crippen LogP contribution in [0.2, 0.25) is 0 Å². The van der Waals surface area contributed by atoms with Gasteiger partial charge in [-0.05, 0) is 39.0 Å². The highest BCUT2D eigenvalue weighted by atomic mass is 16.5. The van der Waals surface area contributed by atoms with Gasteiger partial charge in [-0.3, -0.25) is 4.79 Å². The predicted octanol–water partition coefficient (Wildman–Crippen LogP) is 3.13. The molecule has 0 aromatic heterocycles. The molecular weight excluding hydrogens is 226 g/mol. The minimum Gasteiger partial charge on any atom is -0.466 e. The number of carbonyl (C=O) groups is 1. The van der Waals surface area contributed by atoms with Gasteiger partial charge in [0.25, 0.3) is 0 Å². The zero-order chi connectivity index (χ0) is 13.5. The number of esters is 1. The van der Waals surface area contributed by atoms with E-state index >= 15 is 0 Å². The Morgan fingerprint density at radius 1 is 1.33 bits per heavy atom. The van der Waals surface area contributed by atoms with Gasteiger partial charge < -0.3 is 10.1 Å². The van der Waals surface area contributed by atoms with Crippen LogP contribution >= 0.6 is 0 Å². The van der Waals surface area contributed by atoms with Gasteiger partial charge in [0.2, 0.25) is 0 Å². The Morgan fingerprint density at radius 2 is 2.06 bits per heavy atom. The van der Waals surface area contributed by atoms with Crippen LogP contribution in [0.1, 0.15) is 59.8 Å². The second kappa shape index (κ2) is 7.78. The van der Waals surface area contributed by atoms with Gasteiger partial charge in [0.15, 0.2) is 0 Å². The first-order valence-corrected chi connectivity index (χ1v) is 7.51. The SMILES string of the molecule is CCOC(=O)C1CCCC(NC(C)C(C)CC)C1. The highest BCUT2D eigenvalue weighted by Crippen LogP contribution is 2.26. The molecule has 0 spiro atoms. The molecule has 1 aliphatic carbocycles. The molecule has 1 aliphatic rings. The van der Waals surface area contributed by atoms with Crippen molar-refractivity contribution in [1.29, 1.82) is 0 Å². The molecule has 1 saturated carbocycles. The fraction of sp³-hybridized carbons (Fsp3) is 0.933. The van der Waals surface area contributed by atoms with Crippen molar-refractivity contribution in [3.8, 4) is 0 Å². The summed E-state index contributed by atoms with van der Waals surface area (Å²) in [4.78, 5) is 11.8. The van der Waals surface area contributed by atoms with Crippen molar-refractivity contribution >= 4 is 5.97 Å². The topological polar surface area (TPSA) is 38.3 Å². The molecule has 1 fully saturated rings. The molecule has 106 valence electrons. The van der Waals surface area contributed by atoms with Crippen molar-refractivity contribution in [3.63, 3.8) is 0 Å². The molecule has 0 aromatic rings. The maximum Gasteiger partial charge on any atom is 0.308 e. The van der Waals surface area contributed by atoms with E-state index < -0.39 is 0 Å². The van der Waals surface area contributed by atoms with Crippen LogP contribution < -0.4 is 5.32 Å². The lowest BCUT2D eigenvalue weighted by Gasteiger charge is -2.32. The molecule has 3 heteroatoms. The minimum absolute atomic E-state index is 0.000179. The van der Waals surface area contributed by atoms with Gasteiger partial charge in [-0.1, -0.05) is 26.7 Å². The van der Waals surface area contributed by atoms with Crippen molar-refractivity contribution in [3.05, 3.63) is 0 Å². The monoisotopic (exact) mass is 255 g/mol. The fourth-order valence-electron chi connectivity index (χ4n) is 2.70. The van der Waals surface area contributed by atoms with Crippen LogP contribution in [0.15, 0.2) is 0 Å². The normalized spacial score (nSPS) is 27.6. The molecule has 4 atom stereocenters. The molecule has 1 N–H and O–H groups in total. The van der Waals surface area contributed by atoms with Crippen LogP contribution in [-0.4, -0.2) is 24.7 Å². The van der Waals surface area contributed by atoms with Gasteiger partial charge in [-0.25, -0.2) is 0 Å². The second-order valence-corrected chi connectivity index (χ2v) is 5.65. The smallest absolute Gasteiger partial charge is 0.308 e. The minimum atomic E-state index is 0.000179. The third kappa shape index (κ3) is 4.60. The van der Waals surface area contributed by atoms with E-state index in [9.17, 15) is 4.79 Å². The van der Waals surface area contributed by atoms with Crippen LogP contribution in [0.25, 0.3) is 0 Å². The molecule has 0 aliphatic heterocycles. The van der Waals surface area contributed by atoms with Crippen LogP contribution in [0.3, 0.4) is 0 Å². The summed E-state index contributed by atoms with van der Waals surface area (Å²) in [7, 11) is 0. The summed E-state index contributed by atoms with van der Waals surface area (Å²) in [6.07, 6.45) is 5.46. The standard InChI is InChI=1S/C15H29NO2/c1-5-11(3)12(4)16-14-9-7-8-13(10-14)15(17)18-6-2/h11-14,16H,5-10H2,1-4H3. The summed E-state index contributed by atoms with van der Waals surface area (Å²) in [5.41, 5.74) is 0. The second-order valence-electron chi connectivity index (χ2n) is 5.65. The summed E-state index contributed by atoms with van der Waals surface area (Å²) in [6.45, 7) is 9.13. The third-order valence-electron chi connectivity index (χ3n) is 4.29. The van der Waals surface area contributed by atoms with Crippen LogP contribution in [0, 0.1) is 11.8 Å². The van der Waals surface area contributed by atoms with E-state index in [-0.39, 0.29) is 11.9 Å². The summed E-state index contributed by atoms with van der Waals surface area (Å²) < 4.78 is 5.14. The molecule has 0 heterocycles. The molecular formula is C15H29NO2. The number of hydrogen-bond acceptors (Lipinski definition) is 3. The van der Waals surface area contributed by atoms with Gasteiger partial charge in [-0.2, -0.15) is 0 Å². The van der Waals surface area contributed by atoms with Crippen LogP contribution in [0.4, 0.5) is 0 Å². The largest absolute Gasteiger partial charge is 0.466 e. The molecule has 3 nitrogen and oxygen atoms in total. The van der Waals surface area contributed by atoms with Crippen LogP contribution in [0.5, 0.6) is 0 Å². The Labute approximate surface area is 112 Å². The van der Waals surface area contributed by atoms with Crippen LogP contribution in [-0.2, 0) is 9.53 Å². The first-order chi connectivity index (χ1) is 8.58. The van der Waals surface area contributed by atoms with Crippen molar-refractivity contribution in [1.82, 2.24) is 5.32 Å². The Balaban J connectivity index is 2.41. The van der Waals surface area contributed by atoms with E-state index in [4.69, 9.17) is 4.74 Å². The maximum atomic E-state index is 11.8. The molecule has 18 heavy (non-hydrogen) atoms. The Kier molecular flexibility index (Phi) is 6.69. The number of nitrogens with one attached hydrogen (secondary N) is 1. The highest BCUT2D eigenvalue weighted by Gasteiger charge is 2.29. The van der Waals surface area contributed by atoms with E-state index in [1.165, 1.54) is 12.8 Å². The first-order valence-electron chi connectivity index (χ1n) is 7.51. The Bertz CT molecular complexity index is 255. The van der Waals surface area contributed by atoms with E-state index in [1.807, 2.05) is 6.92 Å². The number of ether oxygens (including phenoxy) is 1. The van der Waals surface area contributed by atoms with Gasteiger partial charge in [0, 0.05) is 12.1 Å². The van der Waals surface area contributed by atoms with Gasteiger partial charge >= 0.3 is 5.97 Å². The van der Waals surface area contributed by atoms with E-state index in [0.29, 0.717) is 24.6 Å². The zero-order valence-corrected chi connectivity index (χ0v) is 12.4. The molecule has 0 radical (unpaired) electrons.